The first-order valence-electron chi connectivity index (χ1n) is 8.06. The van der Waals surface area contributed by atoms with Crippen LogP contribution in [0.3, 0.4) is 0 Å². The zero-order valence-electron chi connectivity index (χ0n) is 13.4. The van der Waals surface area contributed by atoms with Crippen molar-refractivity contribution in [2.24, 2.45) is 0 Å². The number of nitrogens with zero attached hydrogens (tertiary/aromatic N) is 1. The Kier molecular flexibility index (Phi) is 4.92. The van der Waals surface area contributed by atoms with E-state index in [0.717, 1.165) is 25.5 Å². The molecule has 2 aromatic carbocycles. The number of likely N-dealkylation sites (N-methyl/N-ethyl adjacent to an activating group) is 1. The molecule has 0 aliphatic carbocycles. The molecule has 1 fully saturated rings. The minimum absolute atomic E-state index is 0.0920. The molecule has 0 bridgehead atoms. The van der Waals surface area contributed by atoms with Gasteiger partial charge in [-0.05, 0) is 50.2 Å². The SMILES string of the molecule is CN1CCC[C@@H]1[C@H](O)[C@H](c1ccc(F)cc1)c1cccc(F)c1F. The van der Waals surface area contributed by atoms with E-state index < -0.39 is 29.5 Å². The first kappa shape index (κ1) is 17.0. The largest absolute Gasteiger partial charge is 0.391 e. The van der Waals surface area contributed by atoms with Crippen molar-refractivity contribution in [1.29, 1.82) is 0 Å². The molecule has 1 aliphatic rings. The fourth-order valence-corrected chi connectivity index (χ4v) is 3.58. The number of aliphatic hydroxyl groups excluding tert-OH is 1. The highest BCUT2D eigenvalue weighted by Gasteiger charge is 2.36. The molecule has 0 saturated carbocycles. The van der Waals surface area contributed by atoms with Gasteiger partial charge in [0.25, 0.3) is 0 Å². The molecule has 0 amide bonds. The monoisotopic (exact) mass is 335 g/mol. The van der Waals surface area contributed by atoms with Crippen LogP contribution in [0.2, 0.25) is 0 Å². The molecule has 3 atom stereocenters. The molecule has 128 valence electrons. The average Bonchev–Trinajstić information content (AvgIpc) is 2.99. The lowest BCUT2D eigenvalue weighted by Gasteiger charge is -2.32. The molecule has 1 N–H and O–H groups in total. The Morgan fingerprint density at radius 3 is 2.42 bits per heavy atom. The highest BCUT2D eigenvalue weighted by molar-refractivity contribution is 5.36. The molecule has 0 spiro atoms. The number of aliphatic hydroxyl groups is 1. The van der Waals surface area contributed by atoms with E-state index >= 15 is 0 Å². The topological polar surface area (TPSA) is 23.5 Å². The Morgan fingerprint density at radius 1 is 1.08 bits per heavy atom. The van der Waals surface area contributed by atoms with Crippen LogP contribution in [-0.4, -0.2) is 35.7 Å². The summed E-state index contributed by atoms with van der Waals surface area (Å²) in [7, 11) is 1.91. The molecule has 0 aromatic heterocycles. The molecule has 2 nitrogen and oxygen atoms in total. The quantitative estimate of drug-likeness (QED) is 0.921. The van der Waals surface area contributed by atoms with Crippen LogP contribution >= 0.6 is 0 Å². The zero-order chi connectivity index (χ0) is 17.3. The standard InChI is InChI=1S/C19H20F3NO/c1-23-11-3-6-16(23)19(24)17(12-7-9-13(20)10-8-12)14-4-2-5-15(21)18(14)22/h2,4-5,7-10,16-17,19,24H,3,6,11H2,1H3/t16-,17-,19+/m1/s1. The second-order valence-corrected chi connectivity index (χ2v) is 6.35. The van der Waals surface area contributed by atoms with Gasteiger partial charge in [0.2, 0.25) is 0 Å². The van der Waals surface area contributed by atoms with Gasteiger partial charge in [-0.3, -0.25) is 0 Å². The third-order valence-corrected chi connectivity index (χ3v) is 4.86. The van der Waals surface area contributed by atoms with E-state index in [4.69, 9.17) is 0 Å². The fraction of sp³-hybridized carbons (Fsp3) is 0.368. The van der Waals surface area contributed by atoms with Crippen LogP contribution < -0.4 is 0 Å². The molecule has 3 rings (SSSR count). The number of likely N-dealkylation sites (tertiary alicyclic amines) is 1. The number of hydrogen-bond acceptors (Lipinski definition) is 2. The van der Waals surface area contributed by atoms with Crippen molar-refractivity contribution in [3.63, 3.8) is 0 Å². The molecule has 0 radical (unpaired) electrons. The maximum atomic E-state index is 14.4. The van der Waals surface area contributed by atoms with Gasteiger partial charge in [-0.1, -0.05) is 24.3 Å². The molecule has 1 heterocycles. The third-order valence-electron chi connectivity index (χ3n) is 4.86. The van der Waals surface area contributed by atoms with Gasteiger partial charge >= 0.3 is 0 Å². The molecule has 24 heavy (non-hydrogen) atoms. The van der Waals surface area contributed by atoms with Crippen molar-refractivity contribution in [2.75, 3.05) is 13.6 Å². The molecular formula is C19H20F3NO. The van der Waals surface area contributed by atoms with E-state index in [2.05, 4.69) is 0 Å². The lowest BCUT2D eigenvalue weighted by molar-refractivity contribution is 0.0713. The highest BCUT2D eigenvalue weighted by atomic mass is 19.2. The van der Waals surface area contributed by atoms with Crippen molar-refractivity contribution in [3.8, 4) is 0 Å². The minimum Gasteiger partial charge on any atom is -0.391 e. The summed E-state index contributed by atoms with van der Waals surface area (Å²) >= 11 is 0. The summed E-state index contributed by atoms with van der Waals surface area (Å²) in [6.07, 6.45) is 0.811. The van der Waals surface area contributed by atoms with Crippen LogP contribution in [0.4, 0.5) is 13.2 Å². The summed E-state index contributed by atoms with van der Waals surface area (Å²) in [6.45, 7) is 0.851. The Morgan fingerprint density at radius 2 is 1.79 bits per heavy atom. The van der Waals surface area contributed by atoms with Gasteiger partial charge in [0.1, 0.15) is 5.82 Å². The summed E-state index contributed by atoms with van der Waals surface area (Å²) < 4.78 is 41.4. The van der Waals surface area contributed by atoms with Gasteiger partial charge in [0.15, 0.2) is 11.6 Å². The normalized spacial score (nSPS) is 21.0. The maximum absolute atomic E-state index is 14.4. The van der Waals surface area contributed by atoms with Gasteiger partial charge in [-0.15, -0.1) is 0 Å². The number of rotatable bonds is 4. The first-order chi connectivity index (χ1) is 11.5. The van der Waals surface area contributed by atoms with Gasteiger partial charge in [0.05, 0.1) is 6.10 Å². The minimum atomic E-state index is -0.966. The smallest absolute Gasteiger partial charge is 0.162 e. The van der Waals surface area contributed by atoms with Crippen molar-refractivity contribution in [3.05, 3.63) is 71.0 Å². The fourth-order valence-electron chi connectivity index (χ4n) is 3.58. The van der Waals surface area contributed by atoms with E-state index in [9.17, 15) is 18.3 Å². The molecular weight excluding hydrogens is 315 g/mol. The second-order valence-electron chi connectivity index (χ2n) is 6.35. The predicted octanol–water partition coefficient (Wildman–Crippen LogP) is 3.69. The Hall–Kier alpha value is -1.85. The highest BCUT2D eigenvalue weighted by Crippen LogP contribution is 2.35. The van der Waals surface area contributed by atoms with Crippen molar-refractivity contribution in [2.45, 2.75) is 30.9 Å². The summed E-state index contributed by atoms with van der Waals surface area (Å²) in [5.41, 5.74) is 0.656. The van der Waals surface area contributed by atoms with E-state index in [1.165, 1.54) is 36.4 Å². The molecule has 2 aromatic rings. The van der Waals surface area contributed by atoms with E-state index in [1.54, 1.807) is 0 Å². The zero-order valence-corrected chi connectivity index (χ0v) is 13.4. The van der Waals surface area contributed by atoms with Gasteiger partial charge in [0, 0.05) is 17.5 Å². The average molecular weight is 335 g/mol. The maximum Gasteiger partial charge on any atom is 0.162 e. The third kappa shape index (κ3) is 3.19. The second kappa shape index (κ2) is 6.95. The van der Waals surface area contributed by atoms with Gasteiger partial charge in [-0.2, -0.15) is 0 Å². The molecule has 1 saturated heterocycles. The Labute approximate surface area is 139 Å². The van der Waals surface area contributed by atoms with Crippen LogP contribution in [0.15, 0.2) is 42.5 Å². The predicted molar refractivity (Wildman–Crippen MR) is 86.3 cm³/mol. The summed E-state index contributed by atoms with van der Waals surface area (Å²) in [5, 5.41) is 10.9. The number of halogens is 3. The molecule has 5 heteroatoms. The Balaban J connectivity index is 2.06. The van der Waals surface area contributed by atoms with Crippen LogP contribution in [0.5, 0.6) is 0 Å². The number of hydrogen-bond donors (Lipinski definition) is 1. The van der Waals surface area contributed by atoms with Gasteiger partial charge < -0.3 is 10.0 Å². The van der Waals surface area contributed by atoms with E-state index in [0.29, 0.717) is 5.56 Å². The molecule has 1 aliphatic heterocycles. The van der Waals surface area contributed by atoms with Crippen LogP contribution in [-0.2, 0) is 0 Å². The lowest BCUT2D eigenvalue weighted by atomic mass is 9.82. The summed E-state index contributed by atoms with van der Waals surface area (Å²) in [6, 6.07) is 9.37. The summed E-state index contributed by atoms with van der Waals surface area (Å²) in [4.78, 5) is 2.03. The van der Waals surface area contributed by atoms with Gasteiger partial charge in [-0.25, -0.2) is 13.2 Å². The first-order valence-corrected chi connectivity index (χ1v) is 8.06. The lowest BCUT2D eigenvalue weighted by Crippen LogP contribution is -2.40. The van der Waals surface area contributed by atoms with Crippen LogP contribution in [0.25, 0.3) is 0 Å². The van der Waals surface area contributed by atoms with Crippen LogP contribution in [0.1, 0.15) is 29.9 Å². The van der Waals surface area contributed by atoms with Crippen molar-refractivity contribution < 1.29 is 18.3 Å². The Bertz CT molecular complexity index is 704. The van der Waals surface area contributed by atoms with Crippen molar-refractivity contribution >= 4 is 0 Å². The van der Waals surface area contributed by atoms with Crippen LogP contribution in [0, 0.1) is 17.5 Å². The number of benzene rings is 2. The van der Waals surface area contributed by atoms with E-state index in [-0.39, 0.29) is 11.6 Å². The van der Waals surface area contributed by atoms with E-state index in [1.807, 2.05) is 11.9 Å². The molecule has 0 unspecified atom stereocenters. The summed E-state index contributed by atoms with van der Waals surface area (Å²) in [5.74, 6) is -3.09. The van der Waals surface area contributed by atoms with Crippen molar-refractivity contribution in [1.82, 2.24) is 4.90 Å².